The molecule has 1 saturated heterocycles. The molecule has 0 saturated carbocycles. The number of rotatable bonds is 7. The molecule has 2 N–H and O–H groups in total. The lowest BCUT2D eigenvalue weighted by Crippen LogP contribution is -2.43. The SMILES string of the molecule is CN=C(NCc1ccc(S(=O)(=O)N2CCCCC2)cc1)NCC(C)(C)SC.I. The molecular formula is C19H33IN4O2S2. The van der Waals surface area contributed by atoms with E-state index in [0.717, 1.165) is 37.3 Å². The highest BCUT2D eigenvalue weighted by Crippen LogP contribution is 2.21. The van der Waals surface area contributed by atoms with Crippen molar-refractivity contribution in [2.75, 3.05) is 32.9 Å². The minimum atomic E-state index is -3.37. The number of piperidine rings is 1. The molecule has 0 radical (unpaired) electrons. The second kappa shape index (κ2) is 11.6. The van der Waals surface area contributed by atoms with E-state index in [1.807, 2.05) is 12.1 Å². The molecule has 1 heterocycles. The maximum absolute atomic E-state index is 12.7. The molecule has 1 aliphatic rings. The molecule has 0 bridgehead atoms. The van der Waals surface area contributed by atoms with Crippen LogP contribution in [0.1, 0.15) is 38.7 Å². The minimum Gasteiger partial charge on any atom is -0.355 e. The Balaban J connectivity index is 0.00000392. The highest BCUT2D eigenvalue weighted by atomic mass is 127. The van der Waals surface area contributed by atoms with E-state index < -0.39 is 10.0 Å². The number of sulfonamides is 1. The van der Waals surface area contributed by atoms with E-state index >= 15 is 0 Å². The highest BCUT2D eigenvalue weighted by molar-refractivity contribution is 14.0. The standard InChI is InChI=1S/C19H32N4O2S2.HI/c1-19(2,26-4)15-22-18(20-3)21-14-16-8-10-17(11-9-16)27(24,25)23-12-6-5-7-13-23;/h8-11H,5-7,12-15H2,1-4H3,(H2,20,21,22);1H. The Morgan fingerprint density at radius 3 is 2.29 bits per heavy atom. The van der Waals surface area contributed by atoms with E-state index in [9.17, 15) is 8.42 Å². The summed E-state index contributed by atoms with van der Waals surface area (Å²) in [6, 6.07) is 7.13. The predicted molar refractivity (Wildman–Crippen MR) is 130 cm³/mol. The van der Waals surface area contributed by atoms with Crippen molar-refractivity contribution >= 4 is 51.7 Å². The smallest absolute Gasteiger partial charge is 0.243 e. The summed E-state index contributed by atoms with van der Waals surface area (Å²) in [6.07, 6.45) is 5.10. The van der Waals surface area contributed by atoms with Crippen LogP contribution in [0.5, 0.6) is 0 Å². The topological polar surface area (TPSA) is 73.8 Å². The number of benzene rings is 1. The molecule has 0 amide bonds. The third kappa shape index (κ3) is 7.38. The number of halogens is 1. The van der Waals surface area contributed by atoms with E-state index in [-0.39, 0.29) is 28.7 Å². The first-order valence-corrected chi connectivity index (χ1v) is 12.0. The number of hydrogen-bond donors (Lipinski definition) is 2. The molecule has 0 unspecified atom stereocenters. The molecule has 2 rings (SSSR count). The number of thioether (sulfide) groups is 1. The maximum Gasteiger partial charge on any atom is 0.243 e. The summed E-state index contributed by atoms with van der Waals surface area (Å²) in [5.74, 6) is 0.738. The average Bonchev–Trinajstić information content (AvgIpc) is 2.69. The zero-order chi connectivity index (χ0) is 19.9. The number of aliphatic imine (C=N–C) groups is 1. The van der Waals surface area contributed by atoms with Crippen LogP contribution in [-0.4, -0.2) is 56.4 Å². The molecule has 28 heavy (non-hydrogen) atoms. The second-order valence-corrected chi connectivity index (χ2v) is 10.8. The van der Waals surface area contributed by atoms with Crippen molar-refractivity contribution < 1.29 is 8.42 Å². The Bertz CT molecular complexity index is 731. The Morgan fingerprint density at radius 1 is 1.14 bits per heavy atom. The lowest BCUT2D eigenvalue weighted by atomic mass is 10.2. The summed E-state index contributed by atoms with van der Waals surface area (Å²) in [5, 5.41) is 6.60. The lowest BCUT2D eigenvalue weighted by Gasteiger charge is -2.26. The van der Waals surface area contributed by atoms with Gasteiger partial charge in [-0.1, -0.05) is 18.6 Å². The van der Waals surface area contributed by atoms with E-state index in [0.29, 0.717) is 24.5 Å². The van der Waals surface area contributed by atoms with Crippen LogP contribution in [0.25, 0.3) is 0 Å². The fraction of sp³-hybridized carbons (Fsp3) is 0.632. The first kappa shape index (κ1) is 25.5. The molecular weight excluding hydrogens is 507 g/mol. The molecule has 9 heteroatoms. The van der Waals surface area contributed by atoms with E-state index in [1.165, 1.54) is 0 Å². The highest BCUT2D eigenvalue weighted by Gasteiger charge is 2.25. The van der Waals surface area contributed by atoms with Crippen molar-refractivity contribution in [2.45, 2.75) is 49.3 Å². The number of nitrogens with zero attached hydrogens (tertiary/aromatic N) is 2. The maximum atomic E-state index is 12.7. The van der Waals surface area contributed by atoms with E-state index in [1.54, 1.807) is 35.2 Å². The van der Waals surface area contributed by atoms with Gasteiger partial charge in [-0.15, -0.1) is 24.0 Å². The van der Waals surface area contributed by atoms with Crippen LogP contribution < -0.4 is 10.6 Å². The lowest BCUT2D eigenvalue weighted by molar-refractivity contribution is 0.346. The predicted octanol–water partition coefficient (Wildman–Crippen LogP) is 3.29. The molecule has 0 aliphatic carbocycles. The summed E-state index contributed by atoms with van der Waals surface area (Å²) in [6.45, 7) is 7.00. The summed E-state index contributed by atoms with van der Waals surface area (Å²) in [5.41, 5.74) is 1.01. The van der Waals surface area contributed by atoms with Gasteiger partial charge in [0.1, 0.15) is 0 Å². The summed E-state index contributed by atoms with van der Waals surface area (Å²) >= 11 is 1.80. The van der Waals surface area contributed by atoms with Crippen LogP contribution in [0.15, 0.2) is 34.2 Å². The van der Waals surface area contributed by atoms with Gasteiger partial charge >= 0.3 is 0 Å². The van der Waals surface area contributed by atoms with Crippen molar-refractivity contribution in [2.24, 2.45) is 4.99 Å². The monoisotopic (exact) mass is 540 g/mol. The third-order valence-corrected chi connectivity index (χ3v) is 7.96. The van der Waals surface area contributed by atoms with E-state index in [4.69, 9.17) is 0 Å². The van der Waals surface area contributed by atoms with Crippen LogP contribution in [0.4, 0.5) is 0 Å². The van der Waals surface area contributed by atoms with Gasteiger partial charge in [-0.3, -0.25) is 4.99 Å². The van der Waals surface area contributed by atoms with Crippen molar-refractivity contribution in [3.8, 4) is 0 Å². The average molecular weight is 541 g/mol. The third-order valence-electron chi connectivity index (χ3n) is 4.79. The van der Waals surface area contributed by atoms with Gasteiger partial charge in [0.25, 0.3) is 0 Å². The number of nitrogens with one attached hydrogen (secondary N) is 2. The van der Waals surface area contributed by atoms with Gasteiger partial charge in [-0.25, -0.2) is 8.42 Å². The molecule has 1 aromatic carbocycles. The first-order chi connectivity index (χ1) is 12.8. The quantitative estimate of drug-likeness (QED) is 0.316. The Labute approximate surface area is 191 Å². The fourth-order valence-corrected chi connectivity index (χ4v) is 4.54. The Hall–Kier alpha value is -0.520. The number of guanidine groups is 1. The van der Waals surface area contributed by atoms with Crippen molar-refractivity contribution in [3.63, 3.8) is 0 Å². The minimum absolute atomic E-state index is 0. The summed E-state index contributed by atoms with van der Waals surface area (Å²) < 4.78 is 27.1. The van der Waals surface area contributed by atoms with Crippen LogP contribution in [0.2, 0.25) is 0 Å². The van der Waals surface area contributed by atoms with Gasteiger partial charge in [-0.05, 0) is 50.6 Å². The summed E-state index contributed by atoms with van der Waals surface area (Å²) in [4.78, 5) is 4.61. The van der Waals surface area contributed by atoms with E-state index in [2.05, 4.69) is 35.7 Å². The summed E-state index contributed by atoms with van der Waals surface area (Å²) in [7, 11) is -1.62. The zero-order valence-electron chi connectivity index (χ0n) is 17.2. The molecule has 6 nitrogen and oxygen atoms in total. The van der Waals surface area contributed by atoms with Gasteiger partial charge in [-0.2, -0.15) is 16.1 Å². The van der Waals surface area contributed by atoms with Crippen molar-refractivity contribution in [3.05, 3.63) is 29.8 Å². The molecule has 0 atom stereocenters. The fourth-order valence-electron chi connectivity index (χ4n) is 2.81. The van der Waals surface area contributed by atoms with Crippen LogP contribution >= 0.6 is 35.7 Å². The molecule has 160 valence electrons. The van der Waals surface area contributed by atoms with Gasteiger partial charge in [0, 0.05) is 38.0 Å². The molecule has 1 fully saturated rings. The van der Waals surface area contributed by atoms with Gasteiger partial charge in [0.15, 0.2) is 5.96 Å². The van der Waals surface area contributed by atoms with Crippen molar-refractivity contribution in [1.82, 2.24) is 14.9 Å². The second-order valence-electron chi connectivity index (χ2n) is 7.35. The normalized spacial score (nSPS) is 16.4. The Morgan fingerprint density at radius 2 is 1.75 bits per heavy atom. The molecule has 0 spiro atoms. The van der Waals surface area contributed by atoms with Gasteiger partial charge < -0.3 is 10.6 Å². The van der Waals surface area contributed by atoms with Crippen LogP contribution in [0, 0.1) is 0 Å². The molecule has 1 aromatic rings. The van der Waals surface area contributed by atoms with Gasteiger partial charge in [0.05, 0.1) is 4.90 Å². The van der Waals surface area contributed by atoms with Gasteiger partial charge in [0.2, 0.25) is 10.0 Å². The Kier molecular flexibility index (Phi) is 10.6. The largest absolute Gasteiger partial charge is 0.355 e. The zero-order valence-corrected chi connectivity index (χ0v) is 21.2. The molecule has 1 aliphatic heterocycles. The number of hydrogen-bond acceptors (Lipinski definition) is 4. The molecule has 0 aromatic heterocycles. The first-order valence-electron chi connectivity index (χ1n) is 9.37. The van der Waals surface area contributed by atoms with Crippen molar-refractivity contribution in [1.29, 1.82) is 0 Å². The van der Waals surface area contributed by atoms with Crippen LogP contribution in [0.3, 0.4) is 0 Å². The van der Waals surface area contributed by atoms with Crippen LogP contribution in [-0.2, 0) is 16.6 Å².